The number of aromatic nitrogens is 1. The quantitative estimate of drug-likeness (QED) is 0.721. The summed E-state index contributed by atoms with van der Waals surface area (Å²) in [7, 11) is 3.71. The molecule has 0 saturated heterocycles. The van der Waals surface area contributed by atoms with Crippen molar-refractivity contribution in [3.05, 3.63) is 65.2 Å². The van der Waals surface area contributed by atoms with Crippen molar-refractivity contribution in [3.8, 4) is 11.8 Å². The zero-order valence-corrected chi connectivity index (χ0v) is 18.7. The Balaban J connectivity index is 0.000000612. The van der Waals surface area contributed by atoms with Crippen LogP contribution in [0.2, 0.25) is 0 Å². The second-order valence-electron chi connectivity index (χ2n) is 8.72. The number of amides is 1. The summed E-state index contributed by atoms with van der Waals surface area (Å²) in [6.07, 6.45) is 1.57. The molecule has 0 aliphatic heterocycles. The number of benzene rings is 1. The van der Waals surface area contributed by atoms with E-state index in [1.54, 1.807) is 42.4 Å². The van der Waals surface area contributed by atoms with Gasteiger partial charge in [-0.3, -0.25) is 4.79 Å². The average molecular weight is 398 g/mol. The largest absolute Gasteiger partial charge is 0.336 e. The molecule has 5 heteroatoms. The van der Waals surface area contributed by atoms with E-state index >= 15 is 0 Å². The molecule has 1 aromatic heterocycles. The van der Waals surface area contributed by atoms with Gasteiger partial charge in [0.25, 0.3) is 5.91 Å². The lowest BCUT2D eigenvalue weighted by atomic mass is 10.1. The molecule has 0 fully saturated rings. The van der Waals surface area contributed by atoms with Gasteiger partial charge < -0.3 is 10.2 Å². The molecule has 4 nitrogen and oxygen atoms in total. The van der Waals surface area contributed by atoms with Crippen molar-refractivity contribution in [2.75, 3.05) is 14.1 Å². The highest BCUT2D eigenvalue weighted by Crippen LogP contribution is 2.14. The monoisotopic (exact) mass is 397 g/mol. The molecule has 0 saturated carbocycles. The predicted octanol–water partition coefficient (Wildman–Crippen LogP) is 4.50. The van der Waals surface area contributed by atoms with Gasteiger partial charge in [-0.1, -0.05) is 11.8 Å². The molecular formula is C24H32FN3O. The maximum atomic E-state index is 12.8. The van der Waals surface area contributed by atoms with Gasteiger partial charge in [-0.05, 0) is 85.0 Å². The zero-order valence-electron chi connectivity index (χ0n) is 18.7. The molecule has 1 heterocycles. The molecule has 0 spiro atoms. The van der Waals surface area contributed by atoms with Gasteiger partial charge in [0.2, 0.25) is 0 Å². The first-order valence-electron chi connectivity index (χ1n) is 9.54. The molecule has 0 atom stereocenters. The van der Waals surface area contributed by atoms with Crippen LogP contribution >= 0.6 is 0 Å². The third-order valence-electron chi connectivity index (χ3n) is 4.24. The summed E-state index contributed by atoms with van der Waals surface area (Å²) in [5, 5.41) is 3.10. The smallest absolute Gasteiger partial charge is 0.272 e. The topological polar surface area (TPSA) is 45.2 Å². The van der Waals surface area contributed by atoms with Crippen LogP contribution in [0.15, 0.2) is 42.6 Å². The van der Waals surface area contributed by atoms with Crippen LogP contribution in [0.1, 0.15) is 63.2 Å². The Kier molecular flexibility index (Phi) is 8.54. The van der Waals surface area contributed by atoms with Crippen LogP contribution in [0.25, 0.3) is 0 Å². The number of carbonyl (C=O) groups excluding carboxylic acids is 1. The number of rotatable bonds is 1. The molecule has 156 valence electrons. The van der Waals surface area contributed by atoms with Gasteiger partial charge in [0.05, 0.1) is 0 Å². The van der Waals surface area contributed by atoms with Crippen molar-refractivity contribution in [1.29, 1.82) is 0 Å². The Bertz CT molecular complexity index is 849. The molecule has 2 rings (SSSR count). The minimum atomic E-state index is -0.289. The van der Waals surface area contributed by atoms with Gasteiger partial charge in [0.15, 0.2) is 0 Å². The van der Waals surface area contributed by atoms with Crippen LogP contribution in [0.5, 0.6) is 0 Å². The van der Waals surface area contributed by atoms with E-state index in [9.17, 15) is 9.18 Å². The van der Waals surface area contributed by atoms with E-state index in [0.717, 1.165) is 5.56 Å². The second kappa shape index (κ2) is 10.2. The summed E-state index contributed by atoms with van der Waals surface area (Å²) >= 11 is 0. The number of hydrogen-bond acceptors (Lipinski definition) is 3. The van der Waals surface area contributed by atoms with E-state index in [-0.39, 0.29) is 17.3 Å². The lowest BCUT2D eigenvalue weighted by Gasteiger charge is -2.31. The van der Waals surface area contributed by atoms with Crippen molar-refractivity contribution in [2.24, 2.45) is 0 Å². The Morgan fingerprint density at radius 2 is 1.45 bits per heavy atom. The van der Waals surface area contributed by atoms with E-state index in [4.69, 9.17) is 0 Å². The standard InChI is InChI=1S/C19H19FN2O.C5H13N/c1-19(2,3)22(4)18(23)17-12-9-15(13-21-17)6-5-14-7-10-16(20)11-8-14;1-5(2,3)6-4/h7-13H,1-4H3;6H,1-4H3. The van der Waals surface area contributed by atoms with Gasteiger partial charge in [-0.15, -0.1) is 0 Å². The van der Waals surface area contributed by atoms with Crippen LogP contribution < -0.4 is 5.32 Å². The minimum Gasteiger partial charge on any atom is -0.336 e. The van der Waals surface area contributed by atoms with Gasteiger partial charge >= 0.3 is 0 Å². The molecule has 0 radical (unpaired) electrons. The fraction of sp³-hybridized carbons (Fsp3) is 0.417. The maximum absolute atomic E-state index is 12.8. The number of pyridine rings is 1. The second-order valence-corrected chi connectivity index (χ2v) is 8.72. The number of hydrogen-bond donors (Lipinski definition) is 1. The van der Waals surface area contributed by atoms with E-state index in [0.29, 0.717) is 16.8 Å². The Morgan fingerprint density at radius 1 is 0.966 bits per heavy atom. The summed E-state index contributed by atoms with van der Waals surface area (Å²) in [5.41, 5.74) is 1.83. The van der Waals surface area contributed by atoms with Crippen LogP contribution in [0.3, 0.4) is 0 Å². The van der Waals surface area contributed by atoms with E-state index in [2.05, 4.69) is 42.9 Å². The van der Waals surface area contributed by atoms with Gasteiger partial charge in [-0.25, -0.2) is 9.37 Å². The van der Waals surface area contributed by atoms with E-state index in [1.165, 1.54) is 12.1 Å². The van der Waals surface area contributed by atoms with Crippen LogP contribution in [0, 0.1) is 17.7 Å². The molecule has 0 aliphatic carbocycles. The zero-order chi connectivity index (χ0) is 22.2. The lowest BCUT2D eigenvalue weighted by molar-refractivity contribution is 0.0649. The molecule has 1 aromatic carbocycles. The predicted molar refractivity (Wildman–Crippen MR) is 117 cm³/mol. The van der Waals surface area contributed by atoms with Crippen molar-refractivity contribution in [2.45, 2.75) is 52.6 Å². The number of nitrogens with zero attached hydrogens (tertiary/aromatic N) is 2. The number of halogens is 1. The van der Waals surface area contributed by atoms with Crippen LogP contribution in [0.4, 0.5) is 4.39 Å². The van der Waals surface area contributed by atoms with Crippen LogP contribution in [-0.4, -0.2) is 41.0 Å². The van der Waals surface area contributed by atoms with Gasteiger partial charge in [0, 0.05) is 35.4 Å². The minimum absolute atomic E-state index is 0.129. The number of nitrogens with one attached hydrogen (secondary N) is 1. The number of carbonyl (C=O) groups is 1. The molecule has 0 aliphatic rings. The molecule has 0 unspecified atom stereocenters. The first kappa shape index (κ1) is 24.3. The fourth-order valence-electron chi connectivity index (χ4n) is 1.75. The van der Waals surface area contributed by atoms with Crippen molar-refractivity contribution < 1.29 is 9.18 Å². The molecular weight excluding hydrogens is 365 g/mol. The Hall–Kier alpha value is -2.71. The normalized spacial score (nSPS) is 10.9. The summed E-state index contributed by atoms with van der Waals surface area (Å²) < 4.78 is 12.8. The molecule has 1 amide bonds. The fourth-order valence-corrected chi connectivity index (χ4v) is 1.75. The van der Waals surface area contributed by atoms with E-state index in [1.807, 2.05) is 27.8 Å². The highest BCUT2D eigenvalue weighted by Gasteiger charge is 2.23. The summed E-state index contributed by atoms with van der Waals surface area (Å²) in [6, 6.07) is 9.39. The van der Waals surface area contributed by atoms with E-state index < -0.39 is 0 Å². The third kappa shape index (κ3) is 8.89. The van der Waals surface area contributed by atoms with Crippen molar-refractivity contribution in [1.82, 2.24) is 15.2 Å². The highest BCUT2D eigenvalue weighted by molar-refractivity contribution is 5.92. The highest BCUT2D eigenvalue weighted by atomic mass is 19.1. The Labute approximate surface area is 174 Å². The average Bonchev–Trinajstić information content (AvgIpc) is 2.66. The first-order valence-corrected chi connectivity index (χ1v) is 9.54. The van der Waals surface area contributed by atoms with Gasteiger partial charge in [-0.2, -0.15) is 0 Å². The molecule has 29 heavy (non-hydrogen) atoms. The summed E-state index contributed by atoms with van der Waals surface area (Å²) in [5.74, 6) is 5.46. The molecule has 1 N–H and O–H groups in total. The molecule has 2 aromatic rings. The molecule has 0 bridgehead atoms. The Morgan fingerprint density at radius 3 is 1.86 bits per heavy atom. The SMILES string of the molecule is CN(C(=O)c1ccc(C#Cc2ccc(F)cc2)cn1)C(C)(C)C.CNC(C)(C)C. The summed E-state index contributed by atoms with van der Waals surface area (Å²) in [6.45, 7) is 12.3. The van der Waals surface area contributed by atoms with Crippen molar-refractivity contribution >= 4 is 5.91 Å². The third-order valence-corrected chi connectivity index (χ3v) is 4.24. The van der Waals surface area contributed by atoms with Crippen molar-refractivity contribution in [3.63, 3.8) is 0 Å². The maximum Gasteiger partial charge on any atom is 0.272 e. The lowest BCUT2D eigenvalue weighted by Crippen LogP contribution is -2.42. The van der Waals surface area contributed by atoms with Gasteiger partial charge in [0.1, 0.15) is 11.5 Å². The first-order chi connectivity index (χ1) is 13.3. The van der Waals surface area contributed by atoms with Crippen LogP contribution in [-0.2, 0) is 0 Å². The summed E-state index contributed by atoms with van der Waals surface area (Å²) in [4.78, 5) is 18.1.